The van der Waals surface area contributed by atoms with Crippen LogP contribution in [0.1, 0.15) is 43.6 Å². The van der Waals surface area contributed by atoms with Gasteiger partial charge in [0.1, 0.15) is 5.82 Å². The Morgan fingerprint density at radius 3 is 2.23 bits per heavy atom. The van der Waals surface area contributed by atoms with Crippen LogP contribution in [0.2, 0.25) is 0 Å². The lowest BCUT2D eigenvalue weighted by atomic mass is 9.72. The Morgan fingerprint density at radius 2 is 1.61 bits per heavy atom. The summed E-state index contributed by atoms with van der Waals surface area (Å²) in [6, 6.07) is 14.7. The average molecular weight is 427 g/mol. The summed E-state index contributed by atoms with van der Waals surface area (Å²) in [6.07, 6.45) is 3.88. The van der Waals surface area contributed by atoms with E-state index in [-0.39, 0.29) is 11.7 Å². The Balaban J connectivity index is 1.56. The van der Waals surface area contributed by atoms with Crippen molar-refractivity contribution >= 4 is 6.09 Å². The van der Waals surface area contributed by atoms with Gasteiger partial charge in [-0.05, 0) is 30.0 Å². The van der Waals surface area contributed by atoms with Crippen molar-refractivity contribution in [2.75, 3.05) is 32.7 Å². The maximum Gasteiger partial charge on any atom is 0.407 e. The lowest BCUT2D eigenvalue weighted by molar-refractivity contribution is -0.0338. The van der Waals surface area contributed by atoms with Gasteiger partial charge < -0.3 is 15.1 Å². The van der Waals surface area contributed by atoms with Crippen LogP contribution >= 0.6 is 0 Å². The van der Waals surface area contributed by atoms with Crippen LogP contribution in [0.5, 0.6) is 0 Å². The monoisotopic (exact) mass is 426 g/mol. The van der Waals surface area contributed by atoms with E-state index in [1.807, 2.05) is 30.3 Å². The highest BCUT2D eigenvalue weighted by molar-refractivity contribution is 5.65. The molecule has 1 aliphatic carbocycles. The van der Waals surface area contributed by atoms with Crippen molar-refractivity contribution in [1.82, 2.24) is 9.80 Å². The Kier molecular flexibility index (Phi) is 6.58. The Hall–Kier alpha value is -2.44. The Bertz CT molecular complexity index is 888. The number of hydrogen-bond acceptors (Lipinski definition) is 3. The molecule has 2 N–H and O–H groups in total. The van der Waals surface area contributed by atoms with Crippen LogP contribution in [0.25, 0.3) is 11.1 Å². The first-order chi connectivity index (χ1) is 15.0. The van der Waals surface area contributed by atoms with Crippen molar-refractivity contribution in [3.63, 3.8) is 0 Å². The quantitative estimate of drug-likeness (QED) is 0.735. The molecule has 0 radical (unpaired) electrons. The van der Waals surface area contributed by atoms with Gasteiger partial charge in [0, 0.05) is 44.2 Å². The summed E-state index contributed by atoms with van der Waals surface area (Å²) >= 11 is 0. The largest absolute Gasteiger partial charge is 0.465 e. The minimum Gasteiger partial charge on any atom is -0.465 e. The average Bonchev–Trinajstić information content (AvgIpc) is 2.79. The standard InChI is InChI=1S/C25H31FN2O3/c26-23-7-3-2-6-21(23)19-8-10-20(11-9-19)22(25(31)12-4-1-5-13-25)18-27-14-16-28(17-15-27)24(29)30/h2-3,6-11,22,31H,1,4-5,12-18H2,(H,29,30). The number of nitrogens with zero attached hydrogens (tertiary/aromatic N) is 2. The number of rotatable bonds is 5. The third-order valence-electron chi connectivity index (χ3n) is 6.95. The molecule has 2 aliphatic rings. The highest BCUT2D eigenvalue weighted by Gasteiger charge is 2.40. The first-order valence-electron chi connectivity index (χ1n) is 11.2. The zero-order valence-electron chi connectivity index (χ0n) is 17.8. The van der Waals surface area contributed by atoms with E-state index in [0.717, 1.165) is 43.2 Å². The summed E-state index contributed by atoms with van der Waals surface area (Å²) in [5.74, 6) is -0.298. The lowest BCUT2D eigenvalue weighted by Gasteiger charge is -2.43. The molecule has 1 amide bonds. The van der Waals surface area contributed by atoms with Gasteiger partial charge in [0.05, 0.1) is 5.60 Å². The van der Waals surface area contributed by atoms with Crippen LogP contribution in [-0.4, -0.2) is 64.4 Å². The van der Waals surface area contributed by atoms with Crippen LogP contribution in [0.15, 0.2) is 48.5 Å². The van der Waals surface area contributed by atoms with E-state index in [4.69, 9.17) is 0 Å². The van der Waals surface area contributed by atoms with Crippen molar-refractivity contribution < 1.29 is 19.4 Å². The first-order valence-corrected chi connectivity index (χ1v) is 11.2. The maximum atomic E-state index is 14.2. The van der Waals surface area contributed by atoms with Crippen LogP contribution in [-0.2, 0) is 0 Å². The second-order valence-electron chi connectivity index (χ2n) is 8.89. The molecule has 166 valence electrons. The highest BCUT2D eigenvalue weighted by Crippen LogP contribution is 2.41. The van der Waals surface area contributed by atoms with E-state index in [0.29, 0.717) is 38.3 Å². The maximum absolute atomic E-state index is 14.2. The molecule has 1 saturated heterocycles. The van der Waals surface area contributed by atoms with Gasteiger partial charge in [0.15, 0.2) is 0 Å². The first kappa shape index (κ1) is 21.8. The van der Waals surface area contributed by atoms with Crippen LogP contribution < -0.4 is 0 Å². The highest BCUT2D eigenvalue weighted by atomic mass is 19.1. The molecule has 2 aromatic rings. The van der Waals surface area contributed by atoms with Gasteiger partial charge in [-0.1, -0.05) is 61.7 Å². The van der Waals surface area contributed by atoms with Crippen LogP contribution in [0, 0.1) is 5.82 Å². The third-order valence-corrected chi connectivity index (χ3v) is 6.95. The summed E-state index contributed by atoms with van der Waals surface area (Å²) in [5, 5.41) is 20.8. The summed E-state index contributed by atoms with van der Waals surface area (Å²) in [4.78, 5) is 14.9. The molecule has 0 aromatic heterocycles. The van der Waals surface area contributed by atoms with Gasteiger partial charge in [0.2, 0.25) is 0 Å². The van der Waals surface area contributed by atoms with E-state index in [1.165, 1.54) is 11.0 Å². The number of hydrogen-bond donors (Lipinski definition) is 2. The van der Waals surface area contributed by atoms with E-state index in [2.05, 4.69) is 4.90 Å². The van der Waals surface area contributed by atoms with Crippen molar-refractivity contribution in [3.8, 4) is 11.1 Å². The number of carboxylic acid groups (broad SMARTS) is 1. The van der Waals surface area contributed by atoms with Crippen molar-refractivity contribution in [2.24, 2.45) is 0 Å². The molecule has 0 bridgehead atoms. The SMILES string of the molecule is O=C(O)N1CCN(CC(c2ccc(-c3ccccc3F)cc2)C2(O)CCCCC2)CC1. The van der Waals surface area contributed by atoms with Crippen molar-refractivity contribution in [1.29, 1.82) is 0 Å². The molecule has 1 atom stereocenters. The fourth-order valence-corrected chi connectivity index (χ4v) is 5.07. The fraction of sp³-hybridized carbons (Fsp3) is 0.480. The number of halogens is 1. The molecule has 1 unspecified atom stereocenters. The van der Waals surface area contributed by atoms with Crippen LogP contribution in [0.4, 0.5) is 9.18 Å². The van der Waals surface area contributed by atoms with E-state index < -0.39 is 11.7 Å². The number of piperazine rings is 1. The van der Waals surface area contributed by atoms with E-state index in [1.54, 1.807) is 12.1 Å². The predicted octanol–water partition coefficient (Wildman–Crippen LogP) is 4.57. The predicted molar refractivity (Wildman–Crippen MR) is 119 cm³/mol. The minimum absolute atomic E-state index is 0.0566. The molecular weight excluding hydrogens is 395 g/mol. The molecule has 1 aliphatic heterocycles. The molecule has 31 heavy (non-hydrogen) atoms. The third kappa shape index (κ3) is 4.91. The smallest absolute Gasteiger partial charge is 0.407 e. The number of benzene rings is 2. The zero-order valence-corrected chi connectivity index (χ0v) is 17.8. The van der Waals surface area contributed by atoms with Gasteiger partial charge >= 0.3 is 6.09 Å². The molecule has 5 nitrogen and oxygen atoms in total. The number of carbonyl (C=O) groups is 1. The van der Waals surface area contributed by atoms with Gasteiger partial charge in [-0.15, -0.1) is 0 Å². The molecule has 6 heteroatoms. The van der Waals surface area contributed by atoms with Gasteiger partial charge in [-0.25, -0.2) is 9.18 Å². The number of amides is 1. The molecule has 0 spiro atoms. The molecule has 2 aromatic carbocycles. The number of aliphatic hydroxyl groups is 1. The van der Waals surface area contributed by atoms with Crippen molar-refractivity contribution in [3.05, 3.63) is 59.9 Å². The summed E-state index contributed by atoms with van der Waals surface area (Å²) < 4.78 is 14.2. The second kappa shape index (κ2) is 9.37. The van der Waals surface area contributed by atoms with Gasteiger partial charge in [-0.3, -0.25) is 4.90 Å². The summed E-state index contributed by atoms with van der Waals surface area (Å²) in [6.45, 7) is 3.03. The molecule has 1 heterocycles. The molecule has 4 rings (SSSR count). The summed E-state index contributed by atoms with van der Waals surface area (Å²) in [5.41, 5.74) is 1.70. The minimum atomic E-state index is -0.870. The van der Waals surface area contributed by atoms with E-state index >= 15 is 0 Å². The Morgan fingerprint density at radius 1 is 0.968 bits per heavy atom. The topological polar surface area (TPSA) is 64.0 Å². The molecule has 2 fully saturated rings. The van der Waals surface area contributed by atoms with E-state index in [9.17, 15) is 19.4 Å². The van der Waals surface area contributed by atoms with Gasteiger partial charge in [-0.2, -0.15) is 0 Å². The zero-order chi connectivity index (χ0) is 21.8. The van der Waals surface area contributed by atoms with Crippen molar-refractivity contribution in [2.45, 2.75) is 43.6 Å². The second-order valence-corrected chi connectivity index (χ2v) is 8.89. The summed E-state index contributed by atoms with van der Waals surface area (Å²) in [7, 11) is 0. The van der Waals surface area contributed by atoms with Crippen LogP contribution in [0.3, 0.4) is 0 Å². The fourth-order valence-electron chi connectivity index (χ4n) is 5.07. The molecular formula is C25H31FN2O3. The Labute approximate surface area is 183 Å². The molecule has 1 saturated carbocycles. The normalized spacial score (nSPS) is 20.4. The lowest BCUT2D eigenvalue weighted by Crippen LogP contribution is -2.51. The van der Waals surface area contributed by atoms with Gasteiger partial charge in [0.25, 0.3) is 0 Å².